The van der Waals surface area contributed by atoms with E-state index in [1.165, 1.54) is 0 Å². The highest BCUT2D eigenvalue weighted by molar-refractivity contribution is 5.46. The van der Waals surface area contributed by atoms with Crippen LogP contribution < -0.4 is 5.73 Å². The molecule has 0 atom stereocenters. The van der Waals surface area contributed by atoms with Gasteiger partial charge in [-0.3, -0.25) is 0 Å². The van der Waals surface area contributed by atoms with Crippen molar-refractivity contribution in [3.05, 3.63) is 24.0 Å². The van der Waals surface area contributed by atoms with Crippen molar-refractivity contribution in [3.63, 3.8) is 0 Å². The van der Waals surface area contributed by atoms with Gasteiger partial charge in [-0.05, 0) is 44.6 Å². The second-order valence-corrected chi connectivity index (χ2v) is 4.90. The summed E-state index contributed by atoms with van der Waals surface area (Å²) < 4.78 is 1.74. The standard InChI is InChI=1S/C13H19N5/c1-2-17-8-6-10(7-9-17)13-15-12-5-3-4-11(14)18(12)16-13/h3-5,10H,2,6-9,14H2,1H3. The van der Waals surface area contributed by atoms with E-state index in [-0.39, 0.29) is 0 Å². The number of anilines is 1. The Labute approximate surface area is 107 Å². The van der Waals surface area contributed by atoms with Crippen molar-refractivity contribution in [1.29, 1.82) is 0 Å². The lowest BCUT2D eigenvalue weighted by atomic mass is 9.96. The van der Waals surface area contributed by atoms with E-state index in [0.717, 1.165) is 43.9 Å². The van der Waals surface area contributed by atoms with Gasteiger partial charge in [-0.15, -0.1) is 5.10 Å². The van der Waals surface area contributed by atoms with Crippen LogP contribution in [-0.4, -0.2) is 39.1 Å². The number of fused-ring (bicyclic) bond motifs is 1. The van der Waals surface area contributed by atoms with Gasteiger partial charge in [-0.2, -0.15) is 4.52 Å². The lowest BCUT2D eigenvalue weighted by molar-refractivity contribution is 0.219. The Kier molecular flexibility index (Phi) is 2.91. The lowest BCUT2D eigenvalue weighted by Gasteiger charge is -2.29. The van der Waals surface area contributed by atoms with Gasteiger partial charge in [0.15, 0.2) is 11.5 Å². The van der Waals surface area contributed by atoms with Gasteiger partial charge in [-0.1, -0.05) is 13.0 Å². The number of likely N-dealkylation sites (tertiary alicyclic amines) is 1. The zero-order valence-electron chi connectivity index (χ0n) is 10.7. The second-order valence-electron chi connectivity index (χ2n) is 4.90. The largest absolute Gasteiger partial charge is 0.384 e. The molecule has 3 heterocycles. The van der Waals surface area contributed by atoms with Crippen LogP contribution in [0.15, 0.2) is 18.2 Å². The molecule has 0 bridgehead atoms. The van der Waals surface area contributed by atoms with E-state index in [1.54, 1.807) is 4.52 Å². The van der Waals surface area contributed by atoms with Crippen molar-refractivity contribution in [2.24, 2.45) is 0 Å². The fraction of sp³-hybridized carbons (Fsp3) is 0.538. The summed E-state index contributed by atoms with van der Waals surface area (Å²) in [6, 6.07) is 5.72. The van der Waals surface area contributed by atoms with E-state index in [1.807, 2.05) is 18.2 Å². The molecule has 2 aromatic heterocycles. The number of rotatable bonds is 2. The number of nitrogens with zero attached hydrogens (tertiary/aromatic N) is 4. The minimum Gasteiger partial charge on any atom is -0.384 e. The van der Waals surface area contributed by atoms with Gasteiger partial charge in [-0.25, -0.2) is 4.98 Å². The summed E-state index contributed by atoms with van der Waals surface area (Å²) in [6.45, 7) is 5.64. The molecule has 0 aliphatic carbocycles. The van der Waals surface area contributed by atoms with Crippen LogP contribution in [0.1, 0.15) is 31.5 Å². The van der Waals surface area contributed by atoms with E-state index in [0.29, 0.717) is 11.7 Å². The molecule has 5 heteroatoms. The Hall–Kier alpha value is -1.62. The van der Waals surface area contributed by atoms with E-state index in [9.17, 15) is 0 Å². The summed E-state index contributed by atoms with van der Waals surface area (Å²) >= 11 is 0. The van der Waals surface area contributed by atoms with Gasteiger partial charge < -0.3 is 10.6 Å². The quantitative estimate of drug-likeness (QED) is 0.871. The first-order chi connectivity index (χ1) is 8.78. The molecule has 96 valence electrons. The zero-order valence-corrected chi connectivity index (χ0v) is 10.7. The third-order valence-electron chi connectivity index (χ3n) is 3.81. The predicted octanol–water partition coefficient (Wildman–Crippen LogP) is 1.51. The molecule has 0 amide bonds. The molecule has 0 spiro atoms. The molecule has 0 saturated carbocycles. The Morgan fingerprint density at radius 1 is 1.33 bits per heavy atom. The minimum absolute atomic E-state index is 0.479. The molecule has 3 rings (SSSR count). The maximum atomic E-state index is 5.89. The van der Waals surface area contributed by atoms with Crippen molar-refractivity contribution < 1.29 is 0 Å². The smallest absolute Gasteiger partial charge is 0.157 e. The number of hydrogen-bond acceptors (Lipinski definition) is 4. The molecule has 1 saturated heterocycles. The highest BCUT2D eigenvalue weighted by atomic mass is 15.3. The molecule has 1 aliphatic heterocycles. The molecule has 0 radical (unpaired) electrons. The number of aromatic nitrogens is 3. The highest BCUT2D eigenvalue weighted by Gasteiger charge is 2.23. The van der Waals surface area contributed by atoms with Crippen LogP contribution in [0, 0.1) is 0 Å². The number of pyridine rings is 1. The maximum Gasteiger partial charge on any atom is 0.157 e. The van der Waals surface area contributed by atoms with Crippen molar-refractivity contribution >= 4 is 11.5 Å². The van der Waals surface area contributed by atoms with Crippen molar-refractivity contribution in [1.82, 2.24) is 19.5 Å². The summed E-state index contributed by atoms with van der Waals surface area (Å²) in [5.41, 5.74) is 6.74. The molecule has 2 aromatic rings. The molecule has 0 unspecified atom stereocenters. The van der Waals surface area contributed by atoms with Crippen LogP contribution in [0.2, 0.25) is 0 Å². The monoisotopic (exact) mass is 245 g/mol. The van der Waals surface area contributed by atoms with E-state index in [4.69, 9.17) is 5.73 Å². The van der Waals surface area contributed by atoms with Gasteiger partial charge in [0, 0.05) is 5.92 Å². The van der Waals surface area contributed by atoms with Crippen LogP contribution in [0.3, 0.4) is 0 Å². The number of nitrogens with two attached hydrogens (primary N) is 1. The summed E-state index contributed by atoms with van der Waals surface area (Å²) in [7, 11) is 0. The van der Waals surface area contributed by atoms with Crippen LogP contribution in [-0.2, 0) is 0 Å². The van der Waals surface area contributed by atoms with Gasteiger partial charge in [0.25, 0.3) is 0 Å². The van der Waals surface area contributed by atoms with E-state index in [2.05, 4.69) is 21.9 Å². The van der Waals surface area contributed by atoms with Crippen molar-refractivity contribution in [2.45, 2.75) is 25.7 Å². The first kappa shape index (κ1) is 11.5. The van der Waals surface area contributed by atoms with E-state index < -0.39 is 0 Å². The lowest BCUT2D eigenvalue weighted by Crippen LogP contribution is -2.32. The Balaban J connectivity index is 1.85. The highest BCUT2D eigenvalue weighted by Crippen LogP contribution is 2.26. The third kappa shape index (κ3) is 1.95. The molecule has 1 aliphatic rings. The molecular formula is C13H19N5. The average molecular weight is 245 g/mol. The SMILES string of the molecule is CCN1CCC(c2nc3cccc(N)n3n2)CC1. The minimum atomic E-state index is 0.479. The molecule has 2 N–H and O–H groups in total. The Morgan fingerprint density at radius 2 is 2.11 bits per heavy atom. The van der Waals surface area contributed by atoms with E-state index >= 15 is 0 Å². The number of hydrogen-bond donors (Lipinski definition) is 1. The predicted molar refractivity (Wildman–Crippen MR) is 71.5 cm³/mol. The molecular weight excluding hydrogens is 226 g/mol. The fourth-order valence-corrected chi connectivity index (χ4v) is 2.62. The van der Waals surface area contributed by atoms with Gasteiger partial charge in [0.1, 0.15) is 5.82 Å². The van der Waals surface area contributed by atoms with Gasteiger partial charge >= 0.3 is 0 Å². The van der Waals surface area contributed by atoms with Crippen molar-refractivity contribution in [3.8, 4) is 0 Å². The fourth-order valence-electron chi connectivity index (χ4n) is 2.62. The summed E-state index contributed by atoms with van der Waals surface area (Å²) in [5.74, 6) is 2.08. The van der Waals surface area contributed by atoms with Crippen LogP contribution >= 0.6 is 0 Å². The van der Waals surface area contributed by atoms with Gasteiger partial charge in [0.2, 0.25) is 0 Å². The number of piperidine rings is 1. The average Bonchev–Trinajstić information content (AvgIpc) is 2.84. The van der Waals surface area contributed by atoms with Crippen LogP contribution in [0.5, 0.6) is 0 Å². The normalized spacial score (nSPS) is 18.5. The first-order valence-corrected chi connectivity index (χ1v) is 6.61. The first-order valence-electron chi connectivity index (χ1n) is 6.61. The van der Waals surface area contributed by atoms with Crippen LogP contribution in [0.25, 0.3) is 5.65 Å². The molecule has 18 heavy (non-hydrogen) atoms. The Bertz CT molecular complexity index is 539. The zero-order chi connectivity index (χ0) is 12.5. The van der Waals surface area contributed by atoms with Gasteiger partial charge in [0.05, 0.1) is 0 Å². The van der Waals surface area contributed by atoms with Crippen molar-refractivity contribution in [2.75, 3.05) is 25.4 Å². The topological polar surface area (TPSA) is 59.5 Å². The molecule has 0 aromatic carbocycles. The Morgan fingerprint density at radius 3 is 2.78 bits per heavy atom. The van der Waals surface area contributed by atoms with Crippen LogP contribution in [0.4, 0.5) is 5.82 Å². The molecule has 1 fully saturated rings. The molecule has 5 nitrogen and oxygen atoms in total. The summed E-state index contributed by atoms with van der Waals surface area (Å²) in [5, 5.41) is 4.55. The summed E-state index contributed by atoms with van der Waals surface area (Å²) in [4.78, 5) is 7.07. The second kappa shape index (κ2) is 4.57. The third-order valence-corrected chi connectivity index (χ3v) is 3.81. The summed E-state index contributed by atoms with van der Waals surface area (Å²) in [6.07, 6.45) is 2.29. The maximum absolute atomic E-state index is 5.89. The number of nitrogen functional groups attached to an aromatic ring is 1.